The van der Waals surface area contributed by atoms with E-state index in [1.54, 1.807) is 42.5 Å². The van der Waals surface area contributed by atoms with Crippen molar-refractivity contribution in [3.63, 3.8) is 0 Å². The number of hydrogen-bond donors (Lipinski definition) is 0. The number of ketones is 3. The summed E-state index contributed by atoms with van der Waals surface area (Å²) < 4.78 is 70.8. The number of ether oxygens (including phenoxy) is 7. The summed E-state index contributed by atoms with van der Waals surface area (Å²) >= 11 is 0. The van der Waals surface area contributed by atoms with E-state index in [4.69, 9.17) is 33.2 Å². The van der Waals surface area contributed by atoms with E-state index in [1.807, 2.05) is 90.1 Å². The fourth-order valence-corrected chi connectivity index (χ4v) is 11.2. The van der Waals surface area contributed by atoms with Gasteiger partial charge in [-0.1, -0.05) is 78.9 Å². The fraction of sp³-hybridized carbons (Fsp3) is 0.300. The Bertz CT molecular complexity index is 3660. The van der Waals surface area contributed by atoms with Crippen LogP contribution in [0.15, 0.2) is 164 Å². The van der Waals surface area contributed by atoms with Crippen molar-refractivity contribution in [3.8, 4) is 33.8 Å². The molecule has 0 bridgehead atoms. The van der Waals surface area contributed by atoms with E-state index < -0.39 is 29.0 Å². The molecule has 11 rings (SSSR count). The van der Waals surface area contributed by atoms with Crippen molar-refractivity contribution in [2.75, 3.05) is 19.8 Å². The predicted molar refractivity (Wildman–Crippen MR) is 311 cm³/mol. The van der Waals surface area contributed by atoms with Crippen molar-refractivity contribution in [1.29, 1.82) is 0 Å². The number of fused-ring (bicyclic) bond motifs is 1. The first kappa shape index (κ1) is 56.3. The number of benzene rings is 8. The molecule has 3 atom stereocenters. The van der Waals surface area contributed by atoms with E-state index in [-0.39, 0.29) is 35.7 Å². The molecule has 0 saturated carbocycles. The van der Waals surface area contributed by atoms with Gasteiger partial charge in [0.25, 0.3) is 0 Å². The first-order valence-electron chi connectivity index (χ1n) is 28.1. The molecule has 82 heavy (non-hydrogen) atoms. The van der Waals surface area contributed by atoms with E-state index in [0.29, 0.717) is 88.7 Å². The molecule has 0 aromatic heterocycles. The molecule has 0 aliphatic carbocycles. The molecule has 10 nitrogen and oxygen atoms in total. The first-order valence-corrected chi connectivity index (χ1v) is 28.1. The van der Waals surface area contributed by atoms with Gasteiger partial charge in [0.05, 0.1) is 38.1 Å². The minimum atomic E-state index is -0.723. The van der Waals surface area contributed by atoms with Crippen LogP contribution in [0, 0.1) is 11.6 Å². The number of carbonyl (C=O) groups is 3. The third-order valence-corrected chi connectivity index (χ3v) is 15.5. The average Bonchev–Trinajstić information content (AvgIpc) is 3.72. The summed E-state index contributed by atoms with van der Waals surface area (Å²) in [4.78, 5) is 42.2. The Morgan fingerprint density at radius 1 is 0.451 bits per heavy atom. The highest BCUT2D eigenvalue weighted by Gasteiger charge is 2.35. The lowest BCUT2D eigenvalue weighted by atomic mass is 9.89. The number of aryl methyl sites for hydroxylation is 3. The topological polar surface area (TPSA) is 116 Å². The molecule has 0 radical (unpaired) electrons. The molecule has 3 aliphatic heterocycles. The normalized spacial score (nSPS) is 18.9. The van der Waals surface area contributed by atoms with Crippen molar-refractivity contribution >= 4 is 28.1 Å². The monoisotopic (exact) mass is 1100 g/mol. The molecule has 0 amide bonds. The third-order valence-electron chi connectivity index (χ3n) is 15.5. The summed E-state index contributed by atoms with van der Waals surface area (Å²) in [6, 6.07) is 46.9. The maximum absolute atomic E-state index is 15.4. The van der Waals surface area contributed by atoms with Crippen LogP contribution in [0.1, 0.15) is 125 Å². The average molecular weight is 1110 g/mol. The molecule has 3 aliphatic rings. The molecule has 12 heteroatoms. The summed E-state index contributed by atoms with van der Waals surface area (Å²) in [5.74, 6) is -2.32. The molecule has 420 valence electrons. The summed E-state index contributed by atoms with van der Waals surface area (Å²) in [5, 5.41) is 2.17. The predicted octanol–water partition coefficient (Wildman–Crippen LogP) is 15.2. The van der Waals surface area contributed by atoms with Gasteiger partial charge >= 0.3 is 0 Å². The van der Waals surface area contributed by atoms with Gasteiger partial charge in [0.15, 0.2) is 34.7 Å². The summed E-state index contributed by atoms with van der Waals surface area (Å²) in [7, 11) is 0. The van der Waals surface area contributed by atoms with Gasteiger partial charge < -0.3 is 33.2 Å². The Hall–Kier alpha value is -7.55. The Balaban J connectivity index is 0.929. The largest absolute Gasteiger partial charge is 0.457 e. The van der Waals surface area contributed by atoms with Gasteiger partial charge in [-0.2, -0.15) is 0 Å². The van der Waals surface area contributed by atoms with Crippen LogP contribution in [0.3, 0.4) is 0 Å². The molecule has 0 spiro atoms. The van der Waals surface area contributed by atoms with Crippen molar-refractivity contribution in [3.05, 3.63) is 225 Å². The second-order valence-electron chi connectivity index (χ2n) is 22.9. The van der Waals surface area contributed by atoms with Crippen molar-refractivity contribution in [1.82, 2.24) is 0 Å². The lowest BCUT2D eigenvalue weighted by Gasteiger charge is -2.19. The molecule has 3 saturated heterocycles. The molecular weight excluding hydrogens is 1040 g/mol. The van der Waals surface area contributed by atoms with Crippen molar-refractivity contribution < 1.29 is 56.3 Å². The molecule has 8 aromatic rings. The van der Waals surface area contributed by atoms with E-state index in [0.717, 1.165) is 53.1 Å². The summed E-state index contributed by atoms with van der Waals surface area (Å²) in [5.41, 5.74) is 8.42. The quantitative estimate of drug-likeness (QED) is 0.0725. The molecule has 3 heterocycles. The SMILES string of the molecule is CC1(C)OCC(CCc2cc(CCC3COC(C)(C)O3)c3cc(Oc4ccc(C(=O)c5cc(-c6ccc(C(=O)c7ccc(F)cc7)cc6)ccc5-c5ccc(C(=O)c6ccc(F)cc6)cc5)cc4CCC4COC(C)(C)O4)ccc3c2)O1. The van der Waals surface area contributed by atoms with Gasteiger partial charge in [0, 0.05) is 33.4 Å². The Labute approximate surface area is 477 Å². The first-order chi connectivity index (χ1) is 39.3. The molecule has 0 N–H and O–H groups in total. The molecule has 3 fully saturated rings. The molecular formula is C70H66F2O10. The summed E-state index contributed by atoms with van der Waals surface area (Å²) in [6.07, 6.45) is 4.12. The Morgan fingerprint density at radius 2 is 0.915 bits per heavy atom. The van der Waals surface area contributed by atoms with E-state index in [2.05, 4.69) is 24.3 Å². The molecule has 8 aromatic carbocycles. The number of rotatable bonds is 19. The van der Waals surface area contributed by atoms with Crippen LogP contribution in [0.2, 0.25) is 0 Å². The van der Waals surface area contributed by atoms with Crippen molar-refractivity contribution in [2.45, 2.75) is 116 Å². The second kappa shape index (κ2) is 23.4. The maximum atomic E-state index is 15.4. The van der Waals surface area contributed by atoms with Crippen LogP contribution in [-0.2, 0) is 47.7 Å². The van der Waals surface area contributed by atoms with E-state index >= 15 is 4.79 Å². The van der Waals surface area contributed by atoms with Gasteiger partial charge in [-0.3, -0.25) is 14.4 Å². The van der Waals surface area contributed by atoms with E-state index in [9.17, 15) is 18.4 Å². The zero-order chi connectivity index (χ0) is 57.3. The number of carbonyl (C=O) groups excluding carboxylic acids is 3. The van der Waals surface area contributed by atoms with Crippen LogP contribution in [0.25, 0.3) is 33.0 Å². The number of hydrogen-bond acceptors (Lipinski definition) is 10. The van der Waals surface area contributed by atoms with Crippen LogP contribution in [0.4, 0.5) is 8.78 Å². The van der Waals surface area contributed by atoms with Crippen LogP contribution >= 0.6 is 0 Å². The summed E-state index contributed by atoms with van der Waals surface area (Å²) in [6.45, 7) is 13.1. The maximum Gasteiger partial charge on any atom is 0.193 e. The lowest BCUT2D eigenvalue weighted by Crippen LogP contribution is -2.21. The standard InChI is InChI=1S/C70H66F2O10/c1-68(2)76-40-58(80-68)29-7-43-35-51-20-30-57(39-62(51)52(36-43)21-31-59-41-77-69(3,4)81-59)79-64-34-24-54(37-53(64)22-32-60-42-78-70(5,6)82-60)67(75)63-38-50(44-8-12-46(13-9-44)65(73)48-16-25-55(71)26-17-48)23-33-61(63)45-10-14-47(15-11-45)66(74)49-18-27-56(72)28-19-49/h8-20,23-28,30,33-39,58-60H,7,21-22,29,31-32,40-42H2,1-6H3. The Morgan fingerprint density at radius 3 is 1.43 bits per heavy atom. The highest BCUT2D eigenvalue weighted by atomic mass is 19.1. The van der Waals surface area contributed by atoms with Crippen molar-refractivity contribution in [2.24, 2.45) is 0 Å². The van der Waals surface area contributed by atoms with Crippen LogP contribution in [-0.4, -0.2) is 72.8 Å². The van der Waals surface area contributed by atoms with Gasteiger partial charge in [-0.25, -0.2) is 8.78 Å². The minimum Gasteiger partial charge on any atom is -0.457 e. The Kier molecular flexibility index (Phi) is 16.0. The van der Waals surface area contributed by atoms with Gasteiger partial charge in [0.1, 0.15) is 23.1 Å². The van der Waals surface area contributed by atoms with Gasteiger partial charge in [-0.05, 0) is 215 Å². The highest BCUT2D eigenvalue weighted by molar-refractivity contribution is 6.14. The fourth-order valence-electron chi connectivity index (χ4n) is 11.2. The molecule has 3 unspecified atom stereocenters. The minimum absolute atomic E-state index is 0.0176. The number of halogens is 2. The highest BCUT2D eigenvalue weighted by Crippen LogP contribution is 2.38. The zero-order valence-electron chi connectivity index (χ0n) is 47.0. The van der Waals surface area contributed by atoms with Gasteiger partial charge in [-0.15, -0.1) is 0 Å². The van der Waals surface area contributed by atoms with Gasteiger partial charge in [0.2, 0.25) is 0 Å². The zero-order valence-corrected chi connectivity index (χ0v) is 47.0. The van der Waals surface area contributed by atoms with Crippen LogP contribution in [0.5, 0.6) is 11.5 Å². The lowest BCUT2D eigenvalue weighted by molar-refractivity contribution is -0.139. The van der Waals surface area contributed by atoms with Crippen LogP contribution < -0.4 is 4.74 Å². The van der Waals surface area contributed by atoms with E-state index in [1.165, 1.54) is 59.7 Å². The third kappa shape index (κ3) is 13.2. The second-order valence-corrected chi connectivity index (χ2v) is 22.9. The smallest absolute Gasteiger partial charge is 0.193 e.